The lowest BCUT2D eigenvalue weighted by molar-refractivity contribution is 0.589. The summed E-state index contributed by atoms with van der Waals surface area (Å²) in [5.74, 6) is 0. The van der Waals surface area contributed by atoms with Crippen molar-refractivity contribution in [1.82, 2.24) is 0 Å². The molecule has 0 aromatic heterocycles. The van der Waals surface area contributed by atoms with E-state index in [1.165, 1.54) is 14.9 Å². The van der Waals surface area contributed by atoms with E-state index < -0.39 is 0 Å². The molecule has 3 heteroatoms. The van der Waals surface area contributed by atoms with Gasteiger partial charge in [-0.05, 0) is 54.6 Å². The Labute approximate surface area is 92.2 Å². The summed E-state index contributed by atoms with van der Waals surface area (Å²) in [6.45, 7) is 5.36. The molecule has 0 unspecified atom stereocenters. The number of nitrogens with one attached hydrogen (secondary N) is 2. The third-order valence-corrected chi connectivity index (χ3v) is 2.85. The molecular weight excluding hydrogens is 275 g/mol. The second-order valence-corrected chi connectivity index (χ2v) is 5.30. The van der Waals surface area contributed by atoms with E-state index in [1.807, 2.05) is 0 Å². The monoisotopic (exact) mass is 288 g/mol. The van der Waals surface area contributed by atoms with E-state index in [2.05, 4.69) is 65.3 Å². The quantitative estimate of drug-likeness (QED) is 0.717. The van der Waals surface area contributed by atoms with Crippen molar-refractivity contribution < 1.29 is 0 Å². The summed E-state index contributed by atoms with van der Waals surface area (Å²) in [6, 6.07) is 6.42. The minimum absolute atomic E-state index is 0.153. The molecule has 0 aliphatic carbocycles. The van der Waals surface area contributed by atoms with Gasteiger partial charge in [0.2, 0.25) is 0 Å². The number of hydrogen-bond acceptors (Lipinski definition) is 2. The minimum atomic E-state index is 0.153. The van der Waals surface area contributed by atoms with Gasteiger partial charge in [0.05, 0.1) is 11.4 Å². The number of hydrogen-bond donors (Lipinski definition) is 2. The van der Waals surface area contributed by atoms with Gasteiger partial charge in [0, 0.05) is 15.7 Å². The van der Waals surface area contributed by atoms with Crippen LogP contribution in [0.5, 0.6) is 0 Å². The van der Waals surface area contributed by atoms with Crippen molar-refractivity contribution in [2.75, 3.05) is 17.2 Å². The molecule has 1 aliphatic rings. The Balaban J connectivity index is 2.37. The van der Waals surface area contributed by atoms with E-state index >= 15 is 0 Å². The zero-order valence-corrected chi connectivity index (χ0v) is 9.97. The fraction of sp³-hybridized carbons (Fsp3) is 0.400. The molecule has 2 N–H and O–H groups in total. The number of anilines is 2. The van der Waals surface area contributed by atoms with Gasteiger partial charge in [-0.15, -0.1) is 0 Å². The molecule has 2 rings (SSSR count). The zero-order valence-electron chi connectivity index (χ0n) is 7.82. The molecule has 2 nitrogen and oxygen atoms in total. The second kappa shape index (κ2) is 3.04. The largest absolute Gasteiger partial charge is 0.381 e. The topological polar surface area (TPSA) is 24.1 Å². The first kappa shape index (κ1) is 9.12. The molecule has 0 bridgehead atoms. The first-order chi connectivity index (χ1) is 6.07. The van der Waals surface area contributed by atoms with Crippen LogP contribution in [0.2, 0.25) is 0 Å². The van der Waals surface area contributed by atoms with Crippen molar-refractivity contribution in [2.24, 2.45) is 0 Å². The summed E-state index contributed by atoms with van der Waals surface area (Å²) in [5, 5.41) is 6.92. The molecule has 1 aromatic carbocycles. The number of benzene rings is 1. The standard InChI is InChI=1S/C10H13IN2/c1-10(2)6-12-9-5-7(11)3-4-8(9)13-10/h3-5,12-13H,6H2,1-2H3. The molecule has 1 aromatic rings. The molecule has 1 aliphatic heterocycles. The summed E-state index contributed by atoms with van der Waals surface area (Å²) in [5.41, 5.74) is 2.57. The highest BCUT2D eigenvalue weighted by atomic mass is 127. The van der Waals surface area contributed by atoms with Gasteiger partial charge in [0.1, 0.15) is 0 Å². The van der Waals surface area contributed by atoms with E-state index in [1.54, 1.807) is 0 Å². The maximum Gasteiger partial charge on any atom is 0.0587 e. The summed E-state index contributed by atoms with van der Waals surface area (Å²) in [7, 11) is 0. The summed E-state index contributed by atoms with van der Waals surface area (Å²) < 4.78 is 1.27. The summed E-state index contributed by atoms with van der Waals surface area (Å²) in [6.07, 6.45) is 0. The normalized spacial score (nSPS) is 18.4. The maximum absolute atomic E-state index is 3.50. The van der Waals surface area contributed by atoms with Crippen molar-refractivity contribution in [1.29, 1.82) is 0 Å². The van der Waals surface area contributed by atoms with Crippen LogP contribution in [-0.4, -0.2) is 12.1 Å². The molecule has 70 valence electrons. The molecule has 0 radical (unpaired) electrons. The zero-order chi connectivity index (χ0) is 9.47. The number of rotatable bonds is 0. The Morgan fingerprint density at radius 2 is 2.08 bits per heavy atom. The van der Waals surface area contributed by atoms with Gasteiger partial charge >= 0.3 is 0 Å². The fourth-order valence-corrected chi connectivity index (χ4v) is 1.99. The SMILES string of the molecule is CC1(C)CNc2cc(I)ccc2N1. The molecule has 0 saturated heterocycles. The lowest BCUT2D eigenvalue weighted by Gasteiger charge is -2.34. The van der Waals surface area contributed by atoms with Gasteiger partial charge in [-0.3, -0.25) is 0 Å². The Hall–Kier alpha value is -0.450. The van der Waals surface area contributed by atoms with Crippen molar-refractivity contribution in [3.05, 3.63) is 21.8 Å². The van der Waals surface area contributed by atoms with E-state index in [4.69, 9.17) is 0 Å². The highest BCUT2D eigenvalue weighted by Gasteiger charge is 2.23. The van der Waals surface area contributed by atoms with Crippen LogP contribution < -0.4 is 10.6 Å². The van der Waals surface area contributed by atoms with Crippen molar-refractivity contribution in [2.45, 2.75) is 19.4 Å². The van der Waals surface area contributed by atoms with Crippen molar-refractivity contribution in [3.63, 3.8) is 0 Å². The minimum Gasteiger partial charge on any atom is -0.381 e. The molecule has 0 fully saturated rings. The molecule has 0 spiro atoms. The molecule has 0 atom stereocenters. The number of halogens is 1. The Morgan fingerprint density at radius 3 is 2.85 bits per heavy atom. The predicted octanol–water partition coefficient (Wildman–Crippen LogP) is 2.91. The Bertz CT molecular complexity index is 334. The highest BCUT2D eigenvalue weighted by molar-refractivity contribution is 14.1. The van der Waals surface area contributed by atoms with Crippen LogP contribution in [0.3, 0.4) is 0 Å². The van der Waals surface area contributed by atoms with Gasteiger partial charge in [-0.2, -0.15) is 0 Å². The third kappa shape index (κ3) is 1.90. The molecule has 13 heavy (non-hydrogen) atoms. The average molecular weight is 288 g/mol. The van der Waals surface area contributed by atoms with Gasteiger partial charge in [-0.1, -0.05) is 0 Å². The smallest absolute Gasteiger partial charge is 0.0587 e. The Morgan fingerprint density at radius 1 is 1.31 bits per heavy atom. The third-order valence-electron chi connectivity index (χ3n) is 2.18. The van der Waals surface area contributed by atoms with Crippen LogP contribution >= 0.6 is 22.6 Å². The summed E-state index contributed by atoms with van der Waals surface area (Å²) >= 11 is 2.33. The molecular formula is C10H13IN2. The lowest BCUT2D eigenvalue weighted by Crippen LogP contribution is -2.42. The van der Waals surface area contributed by atoms with Gasteiger partial charge in [0.15, 0.2) is 0 Å². The van der Waals surface area contributed by atoms with Crippen molar-refractivity contribution in [3.8, 4) is 0 Å². The highest BCUT2D eigenvalue weighted by Crippen LogP contribution is 2.30. The van der Waals surface area contributed by atoms with E-state index in [9.17, 15) is 0 Å². The predicted molar refractivity (Wildman–Crippen MR) is 65.4 cm³/mol. The summed E-state index contributed by atoms with van der Waals surface area (Å²) in [4.78, 5) is 0. The van der Waals surface area contributed by atoms with Crippen LogP contribution in [0.1, 0.15) is 13.8 Å². The average Bonchev–Trinajstić information content (AvgIpc) is 2.05. The van der Waals surface area contributed by atoms with Crippen LogP contribution in [0.25, 0.3) is 0 Å². The van der Waals surface area contributed by atoms with E-state index in [0.717, 1.165) is 6.54 Å². The first-order valence-corrected chi connectivity index (χ1v) is 5.46. The second-order valence-electron chi connectivity index (χ2n) is 4.05. The van der Waals surface area contributed by atoms with Crippen LogP contribution in [0, 0.1) is 3.57 Å². The lowest BCUT2D eigenvalue weighted by atomic mass is 10.0. The van der Waals surface area contributed by atoms with E-state index in [-0.39, 0.29) is 5.54 Å². The van der Waals surface area contributed by atoms with Crippen LogP contribution in [-0.2, 0) is 0 Å². The fourth-order valence-electron chi connectivity index (χ4n) is 1.50. The van der Waals surface area contributed by atoms with Crippen LogP contribution in [0.15, 0.2) is 18.2 Å². The Kier molecular flexibility index (Phi) is 2.14. The van der Waals surface area contributed by atoms with E-state index in [0.29, 0.717) is 0 Å². The number of fused-ring (bicyclic) bond motifs is 1. The first-order valence-electron chi connectivity index (χ1n) is 4.38. The maximum atomic E-state index is 3.50. The van der Waals surface area contributed by atoms with Crippen LogP contribution in [0.4, 0.5) is 11.4 Å². The molecule has 0 saturated carbocycles. The van der Waals surface area contributed by atoms with Gasteiger partial charge < -0.3 is 10.6 Å². The van der Waals surface area contributed by atoms with Gasteiger partial charge in [0.25, 0.3) is 0 Å². The molecule has 0 amide bonds. The van der Waals surface area contributed by atoms with Gasteiger partial charge in [-0.25, -0.2) is 0 Å². The van der Waals surface area contributed by atoms with Crippen molar-refractivity contribution >= 4 is 34.0 Å². The molecule has 1 heterocycles.